The number of imide groups is 1. The highest BCUT2D eigenvalue weighted by Crippen LogP contribution is 2.19. The van der Waals surface area contributed by atoms with Crippen LogP contribution in [0.2, 0.25) is 0 Å². The number of nitrogens with zero attached hydrogens (tertiary/aromatic N) is 2. The summed E-state index contributed by atoms with van der Waals surface area (Å²) in [5.41, 5.74) is 1.47. The van der Waals surface area contributed by atoms with E-state index in [2.05, 4.69) is 6.92 Å². The Labute approximate surface area is 155 Å². The zero-order valence-corrected chi connectivity index (χ0v) is 15.7. The van der Waals surface area contributed by atoms with Crippen molar-refractivity contribution in [2.24, 2.45) is 0 Å². The average Bonchev–Trinajstić information content (AvgIpc) is 2.62. The summed E-state index contributed by atoms with van der Waals surface area (Å²) in [7, 11) is 1.81. The van der Waals surface area contributed by atoms with Gasteiger partial charge in [-0.3, -0.25) is 19.3 Å². The van der Waals surface area contributed by atoms with Crippen molar-refractivity contribution < 1.29 is 14.4 Å². The minimum atomic E-state index is -0.426. The molecule has 0 radical (unpaired) electrons. The molecule has 0 fully saturated rings. The van der Waals surface area contributed by atoms with Crippen LogP contribution >= 0.6 is 0 Å². The number of rotatable bonds is 9. The topological polar surface area (TPSA) is 57.7 Å². The lowest BCUT2D eigenvalue weighted by Gasteiger charge is -2.28. The lowest BCUT2D eigenvalue weighted by atomic mass is 10.1. The Balaban J connectivity index is 2.01. The second-order valence-electron chi connectivity index (χ2n) is 6.78. The largest absolute Gasteiger partial charge is 0.366 e. The van der Waals surface area contributed by atoms with Gasteiger partial charge in [0.2, 0.25) is 11.8 Å². The maximum Gasteiger partial charge on any atom is 0.241 e. The first-order valence-electron chi connectivity index (χ1n) is 9.38. The van der Waals surface area contributed by atoms with Crippen molar-refractivity contribution in [3.8, 4) is 0 Å². The fourth-order valence-electron chi connectivity index (χ4n) is 3.04. The van der Waals surface area contributed by atoms with Crippen LogP contribution in [0.5, 0.6) is 0 Å². The molecule has 1 heterocycles. The van der Waals surface area contributed by atoms with Crippen LogP contribution in [0, 0.1) is 0 Å². The zero-order chi connectivity index (χ0) is 18.9. The number of hydrogen-bond donors (Lipinski definition) is 0. The fourth-order valence-corrected chi connectivity index (χ4v) is 3.04. The molecular formula is C21H28N2O3. The van der Waals surface area contributed by atoms with Gasteiger partial charge in [0.15, 0.2) is 5.78 Å². The van der Waals surface area contributed by atoms with Crippen molar-refractivity contribution in [1.82, 2.24) is 9.80 Å². The summed E-state index contributed by atoms with van der Waals surface area (Å²) in [5.74, 6) is -0.879. The molecule has 1 aromatic rings. The van der Waals surface area contributed by atoms with Crippen LogP contribution in [0.3, 0.4) is 0 Å². The first-order valence-corrected chi connectivity index (χ1v) is 9.38. The van der Waals surface area contributed by atoms with Crippen molar-refractivity contribution >= 4 is 17.6 Å². The van der Waals surface area contributed by atoms with Gasteiger partial charge >= 0.3 is 0 Å². The molecule has 0 saturated heterocycles. The second kappa shape index (κ2) is 9.90. The predicted octanol–water partition coefficient (Wildman–Crippen LogP) is 3.65. The molecule has 0 bridgehead atoms. The molecule has 0 aromatic heterocycles. The van der Waals surface area contributed by atoms with E-state index in [1.165, 1.54) is 12.6 Å². The number of ketones is 1. The first-order chi connectivity index (χ1) is 12.5. The van der Waals surface area contributed by atoms with Crippen molar-refractivity contribution in [1.29, 1.82) is 0 Å². The Morgan fingerprint density at radius 1 is 1.08 bits per heavy atom. The fraction of sp³-hybridized carbons (Fsp3) is 0.476. The van der Waals surface area contributed by atoms with E-state index in [-0.39, 0.29) is 18.1 Å². The molecule has 1 aliphatic rings. The minimum Gasteiger partial charge on any atom is -0.366 e. The van der Waals surface area contributed by atoms with Gasteiger partial charge in [-0.2, -0.15) is 0 Å². The summed E-state index contributed by atoms with van der Waals surface area (Å²) in [5, 5.41) is 0. The van der Waals surface area contributed by atoms with Gasteiger partial charge in [0.1, 0.15) is 0 Å². The van der Waals surface area contributed by atoms with E-state index in [9.17, 15) is 14.4 Å². The number of allylic oxidation sites excluding steroid dienone is 1. The van der Waals surface area contributed by atoms with Crippen LogP contribution in [0.15, 0.2) is 42.2 Å². The van der Waals surface area contributed by atoms with Crippen molar-refractivity contribution in [3.05, 3.63) is 47.8 Å². The molecule has 0 N–H and O–H groups in total. The van der Waals surface area contributed by atoms with E-state index >= 15 is 0 Å². The van der Waals surface area contributed by atoms with Gasteiger partial charge in [0.25, 0.3) is 0 Å². The van der Waals surface area contributed by atoms with E-state index in [0.717, 1.165) is 36.1 Å². The SMILES string of the molecule is CCCCCCCC(=O)N1C=C(N(C)Cc2ccccc2)C(=O)CC1=O. The highest BCUT2D eigenvalue weighted by molar-refractivity contribution is 6.13. The van der Waals surface area contributed by atoms with E-state index in [4.69, 9.17) is 0 Å². The van der Waals surface area contributed by atoms with Gasteiger partial charge in [0, 0.05) is 26.2 Å². The van der Waals surface area contributed by atoms with Gasteiger partial charge < -0.3 is 4.90 Å². The Morgan fingerprint density at radius 3 is 2.46 bits per heavy atom. The molecule has 140 valence electrons. The maximum atomic E-state index is 12.4. The van der Waals surface area contributed by atoms with Crippen molar-refractivity contribution in [3.63, 3.8) is 0 Å². The summed E-state index contributed by atoms with van der Waals surface area (Å²) in [4.78, 5) is 39.7. The molecule has 0 atom stereocenters. The predicted molar refractivity (Wildman–Crippen MR) is 101 cm³/mol. The Morgan fingerprint density at radius 2 is 1.77 bits per heavy atom. The number of benzene rings is 1. The van der Waals surface area contributed by atoms with Gasteiger partial charge in [-0.25, -0.2) is 0 Å². The number of Topliss-reactive ketones (excluding diaryl/α,β-unsaturated/α-hetero) is 1. The number of amides is 2. The summed E-state index contributed by atoms with van der Waals surface area (Å²) in [6.07, 6.45) is 6.72. The third-order valence-electron chi connectivity index (χ3n) is 4.55. The smallest absolute Gasteiger partial charge is 0.241 e. The van der Waals surface area contributed by atoms with Crippen LogP contribution in [0.1, 0.15) is 57.4 Å². The van der Waals surface area contributed by atoms with Crippen LogP contribution in [-0.2, 0) is 20.9 Å². The Hall–Kier alpha value is -2.43. The molecule has 5 heteroatoms. The number of carbonyl (C=O) groups excluding carboxylic acids is 3. The molecular weight excluding hydrogens is 328 g/mol. The highest BCUT2D eigenvalue weighted by atomic mass is 16.2. The molecule has 0 aliphatic carbocycles. The average molecular weight is 356 g/mol. The quantitative estimate of drug-likeness (QED) is 0.501. The van der Waals surface area contributed by atoms with Crippen molar-refractivity contribution in [2.75, 3.05) is 7.05 Å². The standard InChI is InChI=1S/C21H28N2O3/c1-3-4-5-6-10-13-20(25)23-16-18(19(24)14-21(23)26)22(2)15-17-11-8-7-9-12-17/h7-9,11-12,16H,3-6,10,13-15H2,1-2H3. The molecule has 1 aliphatic heterocycles. The summed E-state index contributed by atoms with van der Waals surface area (Å²) >= 11 is 0. The number of unbranched alkanes of at least 4 members (excludes halogenated alkanes) is 4. The molecule has 0 unspecified atom stereocenters. The monoisotopic (exact) mass is 356 g/mol. The molecule has 0 saturated carbocycles. The van der Waals surface area contributed by atoms with E-state index in [1.54, 1.807) is 11.9 Å². The van der Waals surface area contributed by atoms with Gasteiger partial charge in [-0.05, 0) is 12.0 Å². The number of carbonyl (C=O) groups is 3. The summed E-state index contributed by atoms with van der Waals surface area (Å²) < 4.78 is 0. The second-order valence-corrected chi connectivity index (χ2v) is 6.78. The maximum absolute atomic E-state index is 12.4. The van der Waals surface area contributed by atoms with Gasteiger partial charge in [0.05, 0.1) is 12.1 Å². The third-order valence-corrected chi connectivity index (χ3v) is 4.55. The number of likely N-dealkylation sites (N-methyl/N-ethyl adjacent to an activating group) is 1. The molecule has 26 heavy (non-hydrogen) atoms. The Kier molecular flexibility index (Phi) is 7.57. The molecule has 1 aromatic carbocycles. The van der Waals surface area contributed by atoms with E-state index < -0.39 is 5.91 Å². The van der Waals surface area contributed by atoms with Crippen LogP contribution < -0.4 is 0 Å². The summed E-state index contributed by atoms with van der Waals surface area (Å²) in [6.45, 7) is 2.69. The summed E-state index contributed by atoms with van der Waals surface area (Å²) in [6, 6.07) is 9.79. The van der Waals surface area contributed by atoms with E-state index in [0.29, 0.717) is 18.7 Å². The molecule has 5 nitrogen and oxygen atoms in total. The third kappa shape index (κ3) is 5.55. The van der Waals surface area contributed by atoms with Crippen LogP contribution in [-0.4, -0.2) is 34.4 Å². The lowest BCUT2D eigenvalue weighted by molar-refractivity contribution is -0.143. The molecule has 0 spiro atoms. The molecule has 2 rings (SSSR count). The normalized spacial score (nSPS) is 14.4. The molecule has 2 amide bonds. The Bertz CT molecular complexity index is 667. The first kappa shape index (κ1) is 19.9. The van der Waals surface area contributed by atoms with Crippen LogP contribution in [0.4, 0.5) is 0 Å². The minimum absolute atomic E-state index is 0.218. The highest BCUT2D eigenvalue weighted by Gasteiger charge is 2.30. The van der Waals surface area contributed by atoms with Crippen molar-refractivity contribution in [2.45, 2.75) is 58.4 Å². The number of hydrogen-bond acceptors (Lipinski definition) is 4. The van der Waals surface area contributed by atoms with Crippen LogP contribution in [0.25, 0.3) is 0 Å². The zero-order valence-electron chi connectivity index (χ0n) is 15.7. The van der Waals surface area contributed by atoms with Gasteiger partial charge in [-0.15, -0.1) is 0 Å². The van der Waals surface area contributed by atoms with Gasteiger partial charge in [-0.1, -0.05) is 62.9 Å². The van der Waals surface area contributed by atoms with E-state index in [1.807, 2.05) is 30.3 Å². The lowest BCUT2D eigenvalue weighted by Crippen LogP contribution is -2.40.